The first-order chi connectivity index (χ1) is 19.5. The van der Waals surface area contributed by atoms with Crippen molar-refractivity contribution < 1.29 is 9.53 Å². The van der Waals surface area contributed by atoms with Gasteiger partial charge in [0.1, 0.15) is 5.75 Å². The monoisotopic (exact) mass is 547 g/mol. The van der Waals surface area contributed by atoms with Gasteiger partial charge in [-0.3, -0.25) is 14.2 Å². The van der Waals surface area contributed by atoms with Gasteiger partial charge in [-0.2, -0.15) is 0 Å². The molecule has 0 fully saturated rings. The van der Waals surface area contributed by atoms with Crippen molar-refractivity contribution in [3.05, 3.63) is 129 Å². The molecule has 6 rings (SSSR count). The van der Waals surface area contributed by atoms with Crippen LogP contribution >= 0.6 is 11.8 Å². The SMILES string of the molecule is COc1ccc(-n2c(SCc3ccc(C)cc3)nc3cc(C(=O)N4CCc5ccccc5C4)ccc3c2=O)cc1. The normalized spacial score (nSPS) is 12.8. The van der Waals surface area contributed by atoms with E-state index in [1.165, 1.54) is 28.5 Å². The van der Waals surface area contributed by atoms with Crippen LogP contribution < -0.4 is 10.3 Å². The molecule has 0 N–H and O–H groups in total. The second-order valence-electron chi connectivity index (χ2n) is 9.98. The van der Waals surface area contributed by atoms with Gasteiger partial charge < -0.3 is 9.64 Å². The summed E-state index contributed by atoms with van der Waals surface area (Å²) >= 11 is 1.50. The molecule has 1 amide bonds. The molecular formula is C33H29N3O3S. The number of aryl methyl sites for hydroxylation is 1. The van der Waals surface area contributed by atoms with Crippen molar-refractivity contribution in [1.82, 2.24) is 14.5 Å². The number of nitrogens with zero attached hydrogens (tertiary/aromatic N) is 3. The average Bonchev–Trinajstić information content (AvgIpc) is 3.00. The largest absolute Gasteiger partial charge is 0.497 e. The minimum absolute atomic E-state index is 0.0496. The second kappa shape index (κ2) is 11.0. The number of hydrogen-bond donors (Lipinski definition) is 0. The molecular weight excluding hydrogens is 518 g/mol. The van der Waals surface area contributed by atoms with E-state index in [-0.39, 0.29) is 11.5 Å². The summed E-state index contributed by atoms with van der Waals surface area (Å²) in [5.74, 6) is 1.31. The Hall–Kier alpha value is -4.36. The number of amides is 1. The van der Waals surface area contributed by atoms with Crippen molar-refractivity contribution in [2.24, 2.45) is 0 Å². The number of hydrogen-bond acceptors (Lipinski definition) is 5. The maximum absolute atomic E-state index is 13.9. The molecule has 0 aliphatic carbocycles. The Kier molecular flexibility index (Phi) is 7.13. The molecule has 2 heterocycles. The quantitative estimate of drug-likeness (QED) is 0.187. The molecule has 6 nitrogen and oxygen atoms in total. The maximum atomic E-state index is 13.9. The number of fused-ring (bicyclic) bond motifs is 2. The lowest BCUT2D eigenvalue weighted by Gasteiger charge is -2.29. The van der Waals surface area contributed by atoms with Crippen LogP contribution in [0.25, 0.3) is 16.6 Å². The lowest BCUT2D eigenvalue weighted by Crippen LogP contribution is -2.36. The molecule has 5 aromatic rings. The zero-order valence-corrected chi connectivity index (χ0v) is 23.3. The molecule has 1 aliphatic rings. The number of benzene rings is 4. The highest BCUT2D eigenvalue weighted by Gasteiger charge is 2.23. The third kappa shape index (κ3) is 5.12. The Morgan fingerprint density at radius 2 is 1.70 bits per heavy atom. The van der Waals surface area contributed by atoms with Crippen LogP contribution in [-0.2, 0) is 18.7 Å². The van der Waals surface area contributed by atoms with Crippen LogP contribution in [0.2, 0.25) is 0 Å². The van der Waals surface area contributed by atoms with E-state index in [2.05, 4.69) is 43.3 Å². The van der Waals surface area contributed by atoms with Gasteiger partial charge in [-0.25, -0.2) is 4.98 Å². The Balaban J connectivity index is 1.38. The number of methoxy groups -OCH3 is 1. The molecule has 200 valence electrons. The number of ether oxygens (including phenoxy) is 1. The first-order valence-electron chi connectivity index (χ1n) is 13.3. The summed E-state index contributed by atoms with van der Waals surface area (Å²) in [7, 11) is 1.61. The van der Waals surface area contributed by atoms with Crippen LogP contribution in [0.5, 0.6) is 5.75 Å². The van der Waals surface area contributed by atoms with Gasteiger partial charge in [0, 0.05) is 24.4 Å². The fourth-order valence-electron chi connectivity index (χ4n) is 5.04. The molecule has 0 spiro atoms. The van der Waals surface area contributed by atoms with E-state index in [4.69, 9.17) is 9.72 Å². The maximum Gasteiger partial charge on any atom is 0.266 e. The summed E-state index contributed by atoms with van der Waals surface area (Å²) in [5, 5.41) is 1.04. The molecule has 4 aromatic carbocycles. The van der Waals surface area contributed by atoms with Crippen LogP contribution in [0.15, 0.2) is 101 Å². The minimum atomic E-state index is -0.174. The van der Waals surface area contributed by atoms with E-state index in [1.807, 2.05) is 41.3 Å². The number of thioether (sulfide) groups is 1. The Labute approximate surface area is 237 Å². The summed E-state index contributed by atoms with van der Waals surface area (Å²) in [5.41, 5.74) is 6.40. The van der Waals surface area contributed by atoms with Crippen molar-refractivity contribution in [2.45, 2.75) is 30.8 Å². The third-order valence-electron chi connectivity index (χ3n) is 7.32. The fraction of sp³-hybridized carbons (Fsp3) is 0.182. The lowest BCUT2D eigenvalue weighted by molar-refractivity contribution is 0.0735. The zero-order chi connectivity index (χ0) is 27.6. The number of carbonyl (C=O) groups is 1. The van der Waals surface area contributed by atoms with Crippen LogP contribution in [-0.4, -0.2) is 34.0 Å². The van der Waals surface area contributed by atoms with E-state index in [0.717, 1.165) is 12.0 Å². The van der Waals surface area contributed by atoms with Crippen LogP contribution in [0.1, 0.15) is 32.6 Å². The van der Waals surface area contributed by atoms with Crippen LogP contribution in [0, 0.1) is 6.92 Å². The Morgan fingerprint density at radius 3 is 2.45 bits per heavy atom. The Morgan fingerprint density at radius 1 is 0.950 bits per heavy atom. The van der Waals surface area contributed by atoms with Gasteiger partial charge in [0.25, 0.3) is 11.5 Å². The van der Waals surface area contributed by atoms with Gasteiger partial charge in [0.05, 0.1) is 23.7 Å². The average molecular weight is 548 g/mol. The molecule has 7 heteroatoms. The van der Waals surface area contributed by atoms with Gasteiger partial charge in [0.15, 0.2) is 5.16 Å². The molecule has 1 aromatic heterocycles. The van der Waals surface area contributed by atoms with E-state index in [9.17, 15) is 9.59 Å². The predicted octanol–water partition coefficient (Wildman–Crippen LogP) is 6.19. The van der Waals surface area contributed by atoms with Crippen molar-refractivity contribution in [3.8, 4) is 11.4 Å². The van der Waals surface area contributed by atoms with Gasteiger partial charge >= 0.3 is 0 Å². The van der Waals surface area contributed by atoms with Gasteiger partial charge in [-0.15, -0.1) is 0 Å². The summed E-state index contributed by atoms with van der Waals surface area (Å²) in [6.07, 6.45) is 0.833. The zero-order valence-electron chi connectivity index (χ0n) is 22.5. The van der Waals surface area contributed by atoms with Crippen LogP contribution in [0.3, 0.4) is 0 Å². The van der Waals surface area contributed by atoms with E-state index in [1.54, 1.807) is 29.9 Å². The predicted molar refractivity (Wildman–Crippen MR) is 160 cm³/mol. The molecule has 40 heavy (non-hydrogen) atoms. The minimum Gasteiger partial charge on any atom is -0.497 e. The van der Waals surface area contributed by atoms with Crippen molar-refractivity contribution in [1.29, 1.82) is 0 Å². The Bertz CT molecular complexity index is 1760. The van der Waals surface area contributed by atoms with Gasteiger partial charge in [0.2, 0.25) is 0 Å². The summed E-state index contributed by atoms with van der Waals surface area (Å²) < 4.78 is 6.95. The van der Waals surface area contributed by atoms with Gasteiger partial charge in [-0.1, -0.05) is 65.9 Å². The highest BCUT2D eigenvalue weighted by molar-refractivity contribution is 7.98. The van der Waals surface area contributed by atoms with Crippen molar-refractivity contribution in [3.63, 3.8) is 0 Å². The number of rotatable bonds is 6. The summed E-state index contributed by atoms with van der Waals surface area (Å²) in [4.78, 5) is 34.2. The molecule has 0 saturated heterocycles. The van der Waals surface area contributed by atoms with E-state index in [0.29, 0.717) is 51.9 Å². The number of carbonyl (C=O) groups excluding carboxylic acids is 1. The highest BCUT2D eigenvalue weighted by Crippen LogP contribution is 2.27. The fourth-order valence-corrected chi connectivity index (χ4v) is 6.01. The van der Waals surface area contributed by atoms with E-state index >= 15 is 0 Å². The first-order valence-corrected chi connectivity index (χ1v) is 14.2. The summed E-state index contributed by atoms with van der Waals surface area (Å²) in [6, 6.07) is 29.2. The second-order valence-corrected chi connectivity index (χ2v) is 10.9. The lowest BCUT2D eigenvalue weighted by atomic mass is 9.99. The molecule has 0 bridgehead atoms. The number of aromatic nitrogens is 2. The summed E-state index contributed by atoms with van der Waals surface area (Å²) in [6.45, 7) is 3.31. The molecule has 0 saturated carbocycles. The standard InChI is InChI=1S/C33H29N3O3S/c1-22-7-9-23(10-8-22)21-40-33-34-30-19-25(31(37)35-18-17-24-5-3-4-6-26(24)20-35)11-16-29(30)32(38)36(33)27-12-14-28(39-2)15-13-27/h3-16,19H,17-18,20-21H2,1-2H3. The van der Waals surface area contributed by atoms with E-state index < -0.39 is 0 Å². The molecule has 0 atom stereocenters. The topological polar surface area (TPSA) is 64.4 Å². The third-order valence-corrected chi connectivity index (χ3v) is 8.33. The van der Waals surface area contributed by atoms with Gasteiger partial charge in [-0.05, 0) is 72.5 Å². The van der Waals surface area contributed by atoms with Crippen molar-refractivity contribution in [2.75, 3.05) is 13.7 Å². The molecule has 0 radical (unpaired) electrons. The highest BCUT2D eigenvalue weighted by atomic mass is 32.2. The molecule has 1 aliphatic heterocycles. The smallest absolute Gasteiger partial charge is 0.266 e. The van der Waals surface area contributed by atoms with Crippen LogP contribution in [0.4, 0.5) is 0 Å². The first kappa shape index (κ1) is 25.9. The van der Waals surface area contributed by atoms with Crippen molar-refractivity contribution >= 4 is 28.6 Å². The molecule has 0 unspecified atom stereocenters.